The molecule has 0 fully saturated rings. The average molecular weight is 231 g/mol. The molecule has 2 atom stereocenters. The largest absolute Gasteiger partial charge is 0.388 e. The summed E-state index contributed by atoms with van der Waals surface area (Å²) in [4.78, 5) is 10.9. The van der Waals surface area contributed by atoms with Crippen molar-refractivity contribution in [2.75, 3.05) is 6.61 Å². The molecule has 0 amide bonds. The first-order chi connectivity index (χ1) is 7.06. The fourth-order valence-corrected chi connectivity index (χ4v) is 1.24. The van der Waals surface area contributed by atoms with E-state index >= 15 is 0 Å². The van der Waals surface area contributed by atoms with E-state index in [2.05, 4.69) is 0 Å². The summed E-state index contributed by atoms with van der Waals surface area (Å²) in [7, 11) is 0. The minimum atomic E-state index is -1.61. The lowest BCUT2D eigenvalue weighted by atomic mass is 10.0. The van der Waals surface area contributed by atoms with Crippen LogP contribution in [0.1, 0.15) is 11.7 Å². The summed E-state index contributed by atoms with van der Waals surface area (Å²) >= 11 is 5.63. The molecule has 0 radical (unpaired) electrons. The van der Waals surface area contributed by atoms with Gasteiger partial charge in [0.05, 0.1) is 0 Å². The molecule has 5 heteroatoms. The van der Waals surface area contributed by atoms with Crippen LogP contribution in [0.15, 0.2) is 24.3 Å². The van der Waals surface area contributed by atoms with Gasteiger partial charge in [-0.15, -0.1) is 0 Å². The van der Waals surface area contributed by atoms with Gasteiger partial charge in [-0.25, -0.2) is 0 Å². The number of ketones is 1. The van der Waals surface area contributed by atoms with Gasteiger partial charge in [0.15, 0.2) is 5.78 Å². The van der Waals surface area contributed by atoms with E-state index in [0.717, 1.165) is 0 Å². The molecule has 0 saturated carbocycles. The van der Waals surface area contributed by atoms with Crippen LogP contribution in [0.4, 0.5) is 0 Å². The van der Waals surface area contributed by atoms with Crippen molar-refractivity contribution in [3.63, 3.8) is 0 Å². The average Bonchev–Trinajstić information content (AvgIpc) is 2.27. The highest BCUT2D eigenvalue weighted by Crippen LogP contribution is 2.19. The minimum absolute atomic E-state index is 0.369. The zero-order chi connectivity index (χ0) is 11.4. The maximum atomic E-state index is 10.9. The summed E-state index contributed by atoms with van der Waals surface area (Å²) in [6.45, 7) is -0.800. The maximum absolute atomic E-state index is 10.9. The number of hydrogen-bond donors (Lipinski definition) is 3. The van der Waals surface area contributed by atoms with Gasteiger partial charge < -0.3 is 15.3 Å². The normalized spacial score (nSPS) is 14.7. The second-order valence-corrected chi connectivity index (χ2v) is 3.50. The van der Waals surface area contributed by atoms with Gasteiger partial charge in [-0.3, -0.25) is 4.79 Å². The second kappa shape index (κ2) is 5.23. The molecule has 3 N–H and O–H groups in total. The molecule has 82 valence electrons. The summed E-state index contributed by atoms with van der Waals surface area (Å²) in [5.74, 6) is -0.822. The van der Waals surface area contributed by atoms with Crippen LogP contribution < -0.4 is 0 Å². The fourth-order valence-electron chi connectivity index (χ4n) is 1.11. The van der Waals surface area contributed by atoms with Crippen molar-refractivity contribution in [2.24, 2.45) is 0 Å². The van der Waals surface area contributed by atoms with Crippen LogP contribution in [0.5, 0.6) is 0 Å². The standard InChI is InChI=1S/C10H11ClO4/c11-7-3-1-6(2-4-7)9(14)10(15)8(13)5-12/h1-4,9-10,12,14-15H,5H2/t9-,10-/m1/s1. The van der Waals surface area contributed by atoms with Crippen molar-refractivity contribution in [2.45, 2.75) is 12.2 Å². The summed E-state index contributed by atoms with van der Waals surface area (Å²) in [5.41, 5.74) is 0.369. The number of carbonyl (C=O) groups excluding carboxylic acids is 1. The summed E-state index contributed by atoms with van der Waals surface area (Å²) in [6.07, 6.45) is -2.96. The van der Waals surface area contributed by atoms with Gasteiger partial charge in [0, 0.05) is 5.02 Å². The van der Waals surface area contributed by atoms with Crippen LogP contribution in [0.3, 0.4) is 0 Å². The molecule has 0 aliphatic carbocycles. The molecule has 0 unspecified atom stereocenters. The zero-order valence-corrected chi connectivity index (χ0v) is 8.55. The Balaban J connectivity index is 2.80. The van der Waals surface area contributed by atoms with Crippen molar-refractivity contribution in [3.05, 3.63) is 34.9 Å². The Labute approximate surface area is 91.7 Å². The quantitative estimate of drug-likeness (QED) is 0.695. The van der Waals surface area contributed by atoms with Gasteiger partial charge in [-0.2, -0.15) is 0 Å². The molecule has 0 aliphatic heterocycles. The molecule has 0 heterocycles. The van der Waals surface area contributed by atoms with Gasteiger partial charge in [-0.05, 0) is 17.7 Å². The zero-order valence-electron chi connectivity index (χ0n) is 7.80. The molecule has 1 rings (SSSR count). The number of benzene rings is 1. The molecule has 15 heavy (non-hydrogen) atoms. The first-order valence-corrected chi connectivity index (χ1v) is 4.69. The van der Waals surface area contributed by atoms with E-state index in [1.807, 2.05) is 0 Å². The molecule has 4 nitrogen and oxygen atoms in total. The smallest absolute Gasteiger partial charge is 0.189 e. The number of Topliss-reactive ketones (excluding diaryl/α,β-unsaturated/α-hetero) is 1. The van der Waals surface area contributed by atoms with Crippen LogP contribution in [0.2, 0.25) is 5.02 Å². The third kappa shape index (κ3) is 3.00. The van der Waals surface area contributed by atoms with Gasteiger partial charge in [-0.1, -0.05) is 23.7 Å². The summed E-state index contributed by atoms with van der Waals surface area (Å²) in [6, 6.07) is 6.08. The van der Waals surface area contributed by atoms with E-state index in [0.29, 0.717) is 10.6 Å². The topological polar surface area (TPSA) is 77.8 Å². The number of rotatable bonds is 4. The predicted molar refractivity (Wildman–Crippen MR) is 54.5 cm³/mol. The third-order valence-electron chi connectivity index (χ3n) is 2.00. The number of carbonyl (C=O) groups is 1. The summed E-state index contributed by atoms with van der Waals surface area (Å²) in [5, 5.41) is 27.9. The Hall–Kier alpha value is -0.940. The van der Waals surface area contributed by atoms with Crippen LogP contribution in [0, 0.1) is 0 Å². The predicted octanol–water partition coefficient (Wildman–Crippen LogP) is 0.296. The van der Waals surface area contributed by atoms with Gasteiger partial charge in [0.25, 0.3) is 0 Å². The van der Waals surface area contributed by atoms with Crippen molar-refractivity contribution >= 4 is 17.4 Å². The van der Waals surface area contributed by atoms with Crippen LogP contribution in [-0.2, 0) is 4.79 Å². The highest BCUT2D eigenvalue weighted by molar-refractivity contribution is 6.30. The third-order valence-corrected chi connectivity index (χ3v) is 2.25. The molecule has 0 aliphatic rings. The van der Waals surface area contributed by atoms with Crippen molar-refractivity contribution in [1.29, 1.82) is 0 Å². The Morgan fingerprint density at radius 2 is 1.80 bits per heavy atom. The van der Waals surface area contributed by atoms with Crippen LogP contribution in [0.25, 0.3) is 0 Å². The van der Waals surface area contributed by atoms with Crippen molar-refractivity contribution in [3.8, 4) is 0 Å². The Morgan fingerprint density at radius 1 is 1.27 bits per heavy atom. The van der Waals surface area contributed by atoms with E-state index in [-0.39, 0.29) is 0 Å². The number of aliphatic hydroxyl groups excluding tert-OH is 3. The van der Waals surface area contributed by atoms with Gasteiger partial charge >= 0.3 is 0 Å². The number of aliphatic hydroxyl groups is 3. The SMILES string of the molecule is O=C(CO)[C@@H](O)[C@H](O)c1ccc(Cl)cc1. The van der Waals surface area contributed by atoms with Crippen LogP contribution in [-0.4, -0.2) is 33.8 Å². The van der Waals surface area contributed by atoms with E-state index in [4.69, 9.17) is 16.7 Å². The van der Waals surface area contributed by atoms with E-state index in [1.165, 1.54) is 24.3 Å². The molecule has 0 spiro atoms. The highest BCUT2D eigenvalue weighted by atomic mass is 35.5. The lowest BCUT2D eigenvalue weighted by molar-refractivity contribution is -0.135. The molecule has 0 saturated heterocycles. The van der Waals surface area contributed by atoms with E-state index in [9.17, 15) is 15.0 Å². The van der Waals surface area contributed by atoms with Gasteiger partial charge in [0.2, 0.25) is 0 Å². The number of hydrogen-bond acceptors (Lipinski definition) is 4. The lowest BCUT2D eigenvalue weighted by Crippen LogP contribution is -2.30. The minimum Gasteiger partial charge on any atom is -0.388 e. The molecule has 0 bridgehead atoms. The Morgan fingerprint density at radius 3 is 2.27 bits per heavy atom. The Kier molecular flexibility index (Phi) is 4.23. The van der Waals surface area contributed by atoms with E-state index in [1.54, 1.807) is 0 Å². The molecular weight excluding hydrogens is 220 g/mol. The monoisotopic (exact) mass is 230 g/mol. The molecule has 0 aromatic heterocycles. The highest BCUT2D eigenvalue weighted by Gasteiger charge is 2.24. The maximum Gasteiger partial charge on any atom is 0.189 e. The molecule has 1 aromatic rings. The first-order valence-electron chi connectivity index (χ1n) is 4.31. The van der Waals surface area contributed by atoms with E-state index < -0.39 is 24.6 Å². The molecular formula is C10H11ClO4. The lowest BCUT2D eigenvalue weighted by Gasteiger charge is -2.16. The van der Waals surface area contributed by atoms with Crippen LogP contribution >= 0.6 is 11.6 Å². The van der Waals surface area contributed by atoms with Crippen molar-refractivity contribution in [1.82, 2.24) is 0 Å². The number of halogens is 1. The first kappa shape index (κ1) is 12.1. The van der Waals surface area contributed by atoms with Crippen molar-refractivity contribution < 1.29 is 20.1 Å². The second-order valence-electron chi connectivity index (χ2n) is 3.07. The summed E-state index contributed by atoms with van der Waals surface area (Å²) < 4.78 is 0. The Bertz CT molecular complexity index is 336. The molecule has 1 aromatic carbocycles. The van der Waals surface area contributed by atoms with Gasteiger partial charge in [0.1, 0.15) is 18.8 Å². The fraction of sp³-hybridized carbons (Fsp3) is 0.300.